The second-order valence-corrected chi connectivity index (χ2v) is 6.90. The number of hydrogen-bond donors (Lipinski definition) is 1. The molecule has 1 aromatic carbocycles. The van der Waals surface area contributed by atoms with Crippen LogP contribution in [0.4, 0.5) is 4.79 Å². The van der Waals surface area contributed by atoms with Gasteiger partial charge >= 0.3 is 11.9 Å². The molecule has 0 saturated carbocycles. The van der Waals surface area contributed by atoms with Gasteiger partial charge in [-0.05, 0) is 35.5 Å². The first kappa shape index (κ1) is 20.8. The molecule has 27 heavy (non-hydrogen) atoms. The average Bonchev–Trinajstić information content (AvgIpc) is 2.88. The molecule has 11 heteroatoms. The molecule has 1 aromatic rings. The van der Waals surface area contributed by atoms with Gasteiger partial charge < -0.3 is 19.3 Å². The number of nitrogens with zero attached hydrogens (tertiary/aromatic N) is 1. The van der Waals surface area contributed by atoms with E-state index in [1.165, 1.54) is 25.3 Å². The number of methoxy groups -OCH3 is 2. The number of benzene rings is 1. The summed E-state index contributed by atoms with van der Waals surface area (Å²) in [6.45, 7) is -1.01. The number of halogens is 1. The monoisotopic (exact) mass is 459 g/mol. The molecule has 0 radical (unpaired) electrons. The third-order valence-corrected chi connectivity index (χ3v) is 4.90. The molecule has 144 valence electrons. The van der Waals surface area contributed by atoms with Gasteiger partial charge in [0.05, 0.1) is 19.1 Å². The van der Waals surface area contributed by atoms with Crippen LogP contribution < -0.4 is 9.47 Å². The van der Waals surface area contributed by atoms with E-state index >= 15 is 0 Å². The Kier molecular flexibility index (Phi) is 6.86. The summed E-state index contributed by atoms with van der Waals surface area (Å²) in [6.07, 6.45) is 1.45. The third-order valence-electron chi connectivity index (χ3n) is 3.31. The van der Waals surface area contributed by atoms with E-state index < -0.39 is 36.2 Å². The van der Waals surface area contributed by atoms with Crippen LogP contribution >= 0.6 is 27.7 Å². The highest BCUT2D eigenvalue weighted by Crippen LogP contribution is 2.38. The van der Waals surface area contributed by atoms with Crippen LogP contribution in [0.2, 0.25) is 0 Å². The van der Waals surface area contributed by atoms with Gasteiger partial charge in [-0.15, -0.1) is 0 Å². The van der Waals surface area contributed by atoms with Crippen LogP contribution in [0, 0.1) is 0 Å². The predicted octanol–water partition coefficient (Wildman–Crippen LogP) is 2.13. The molecule has 0 aliphatic carbocycles. The molecular formula is C16H14BrNO8S. The molecule has 2 rings (SSSR count). The largest absolute Gasteiger partial charge is 0.493 e. The molecule has 0 aromatic heterocycles. The summed E-state index contributed by atoms with van der Waals surface area (Å²) in [4.78, 5) is 47.2. The van der Waals surface area contributed by atoms with E-state index in [-0.39, 0.29) is 16.4 Å². The summed E-state index contributed by atoms with van der Waals surface area (Å²) >= 11 is 4.00. The van der Waals surface area contributed by atoms with Crippen molar-refractivity contribution in [3.05, 3.63) is 27.1 Å². The number of imide groups is 1. The number of amides is 2. The van der Waals surface area contributed by atoms with Crippen molar-refractivity contribution in [3.8, 4) is 11.5 Å². The smallest absolute Gasteiger partial charge is 0.341 e. The zero-order valence-corrected chi connectivity index (χ0v) is 16.6. The van der Waals surface area contributed by atoms with Crippen molar-refractivity contribution in [2.45, 2.75) is 0 Å². The van der Waals surface area contributed by atoms with Crippen LogP contribution in [0.5, 0.6) is 11.5 Å². The van der Waals surface area contributed by atoms with Crippen molar-refractivity contribution >= 4 is 56.9 Å². The van der Waals surface area contributed by atoms with E-state index in [0.717, 1.165) is 12.0 Å². The van der Waals surface area contributed by atoms with Gasteiger partial charge in [0.1, 0.15) is 6.54 Å². The average molecular weight is 460 g/mol. The summed E-state index contributed by atoms with van der Waals surface area (Å²) < 4.78 is 15.3. The first-order valence-corrected chi connectivity index (χ1v) is 8.92. The number of esters is 1. The standard InChI is InChI=1S/C16H14BrNO8S/c1-24-10-3-8(9(17)5-11(10)26-7-13(19)20)4-12-15(22)18(16(23)27-12)6-14(21)25-2/h3-5H,6-7H2,1-2H3,(H,19,20)/b12-4+. The normalized spacial score (nSPS) is 15.2. The van der Waals surface area contributed by atoms with Gasteiger partial charge in [0.15, 0.2) is 18.1 Å². The molecule has 1 fully saturated rings. The topological polar surface area (TPSA) is 119 Å². The number of carboxylic acids is 1. The minimum Gasteiger partial charge on any atom is -0.493 e. The van der Waals surface area contributed by atoms with Crippen LogP contribution in [0.25, 0.3) is 6.08 Å². The maximum atomic E-state index is 12.4. The molecule has 1 saturated heterocycles. The van der Waals surface area contributed by atoms with Gasteiger partial charge in [-0.1, -0.05) is 15.9 Å². The fourth-order valence-corrected chi connectivity index (χ4v) is 3.31. The molecular weight excluding hydrogens is 446 g/mol. The minimum absolute atomic E-state index is 0.117. The van der Waals surface area contributed by atoms with Gasteiger partial charge in [-0.3, -0.25) is 19.3 Å². The molecule has 0 bridgehead atoms. The number of carboxylic acid groups (broad SMARTS) is 1. The molecule has 9 nitrogen and oxygen atoms in total. The van der Waals surface area contributed by atoms with Gasteiger partial charge in [0.2, 0.25) is 0 Å². The minimum atomic E-state index is -1.14. The fourth-order valence-electron chi connectivity index (χ4n) is 2.04. The zero-order valence-electron chi connectivity index (χ0n) is 14.2. The maximum absolute atomic E-state index is 12.4. The third kappa shape index (κ3) is 5.01. The lowest BCUT2D eigenvalue weighted by molar-refractivity contribution is -0.143. The highest BCUT2D eigenvalue weighted by molar-refractivity contribution is 9.10. The number of aliphatic carboxylic acids is 1. The van der Waals surface area contributed by atoms with E-state index in [9.17, 15) is 19.2 Å². The van der Waals surface area contributed by atoms with Gasteiger partial charge in [-0.2, -0.15) is 0 Å². The molecule has 1 N–H and O–H groups in total. The lowest BCUT2D eigenvalue weighted by Gasteiger charge is -2.12. The lowest BCUT2D eigenvalue weighted by atomic mass is 10.2. The number of ether oxygens (including phenoxy) is 3. The van der Waals surface area contributed by atoms with E-state index in [0.29, 0.717) is 21.8 Å². The summed E-state index contributed by atoms with van der Waals surface area (Å²) in [5.41, 5.74) is 0.498. The maximum Gasteiger partial charge on any atom is 0.341 e. The molecule has 0 atom stereocenters. The number of thioether (sulfide) groups is 1. The van der Waals surface area contributed by atoms with Crippen LogP contribution in [0.3, 0.4) is 0 Å². The quantitative estimate of drug-likeness (QED) is 0.482. The summed E-state index contributed by atoms with van der Waals surface area (Å²) in [7, 11) is 2.54. The van der Waals surface area contributed by atoms with E-state index in [1.807, 2.05) is 0 Å². The van der Waals surface area contributed by atoms with Crippen molar-refractivity contribution in [2.75, 3.05) is 27.4 Å². The predicted molar refractivity (Wildman–Crippen MR) is 98.5 cm³/mol. The van der Waals surface area contributed by atoms with E-state index in [2.05, 4.69) is 20.7 Å². The summed E-state index contributed by atoms with van der Waals surface area (Å²) in [5, 5.41) is 8.13. The molecule has 2 amide bonds. The Morgan fingerprint density at radius 1 is 1.26 bits per heavy atom. The Hall–Kier alpha value is -2.53. The zero-order chi connectivity index (χ0) is 20.1. The van der Waals surface area contributed by atoms with Gasteiger partial charge in [-0.25, -0.2) is 4.79 Å². The Labute approximate surface area is 166 Å². The molecule has 1 aliphatic heterocycles. The highest BCUT2D eigenvalue weighted by atomic mass is 79.9. The molecule has 1 heterocycles. The SMILES string of the molecule is COC(=O)CN1C(=O)S/C(=C/c2cc(OC)c(OCC(=O)O)cc2Br)C1=O. The van der Waals surface area contributed by atoms with Crippen LogP contribution in [0.1, 0.15) is 5.56 Å². The summed E-state index contributed by atoms with van der Waals surface area (Å²) in [5.74, 6) is -2.02. The van der Waals surface area contributed by atoms with Crippen LogP contribution in [0.15, 0.2) is 21.5 Å². The first-order valence-electron chi connectivity index (χ1n) is 7.31. The number of rotatable bonds is 7. The van der Waals surface area contributed by atoms with Gasteiger partial charge in [0, 0.05) is 4.47 Å². The highest BCUT2D eigenvalue weighted by Gasteiger charge is 2.36. The van der Waals surface area contributed by atoms with E-state index in [1.54, 1.807) is 0 Å². The Morgan fingerprint density at radius 2 is 1.96 bits per heavy atom. The van der Waals surface area contributed by atoms with Crippen molar-refractivity contribution in [1.29, 1.82) is 0 Å². The van der Waals surface area contributed by atoms with Crippen molar-refractivity contribution in [3.63, 3.8) is 0 Å². The van der Waals surface area contributed by atoms with Crippen LogP contribution in [-0.2, 0) is 19.1 Å². The number of carbonyl (C=O) groups is 4. The lowest BCUT2D eigenvalue weighted by Crippen LogP contribution is -2.34. The number of hydrogen-bond acceptors (Lipinski definition) is 8. The molecule has 0 spiro atoms. The van der Waals surface area contributed by atoms with Crippen molar-refractivity contribution < 1.29 is 38.5 Å². The molecule has 0 unspecified atom stereocenters. The second kappa shape index (κ2) is 8.91. The Morgan fingerprint density at radius 3 is 2.56 bits per heavy atom. The number of carbonyl (C=O) groups excluding carboxylic acids is 3. The fraction of sp³-hybridized carbons (Fsp3) is 0.250. The first-order chi connectivity index (χ1) is 12.8. The molecule has 1 aliphatic rings. The second-order valence-electron chi connectivity index (χ2n) is 5.05. The Bertz CT molecular complexity index is 838. The van der Waals surface area contributed by atoms with Crippen molar-refractivity contribution in [1.82, 2.24) is 4.90 Å². The van der Waals surface area contributed by atoms with E-state index in [4.69, 9.17) is 14.6 Å². The van der Waals surface area contributed by atoms with Crippen molar-refractivity contribution in [2.24, 2.45) is 0 Å². The Balaban J connectivity index is 2.30. The van der Waals surface area contributed by atoms with Crippen LogP contribution in [-0.4, -0.2) is 60.5 Å². The summed E-state index contributed by atoms with van der Waals surface area (Å²) in [6, 6.07) is 3.02. The van der Waals surface area contributed by atoms with Gasteiger partial charge in [0.25, 0.3) is 11.1 Å².